The zero-order valence-electron chi connectivity index (χ0n) is 21.8. The molecular weight excluding hydrogens is 432 g/mol. The molecule has 0 aliphatic carbocycles. The molecule has 0 saturated carbocycles. The molecule has 0 spiro atoms. The maximum Gasteiger partial charge on any atom is 0.243 e. The maximum absolute atomic E-state index is 13.3. The van der Waals surface area contributed by atoms with E-state index < -0.39 is 24.1 Å². The molecule has 8 nitrogen and oxygen atoms in total. The number of carbonyl (C=O) groups is 3. The van der Waals surface area contributed by atoms with Crippen molar-refractivity contribution in [2.75, 3.05) is 0 Å². The van der Waals surface area contributed by atoms with Crippen LogP contribution < -0.4 is 16.0 Å². The van der Waals surface area contributed by atoms with Crippen LogP contribution in [0, 0.1) is 23.7 Å². The average molecular weight is 477 g/mol. The van der Waals surface area contributed by atoms with Gasteiger partial charge in [0.25, 0.3) is 0 Å². The standard InChI is InChI=1S/C26H44N4O4/c1-8-18(6)24(26(34)28-15-20-11-9-10-12-27-20)30-25(33)21(17(4)5)14-23(32)22(13-16(2)3)29-19(7)31/h9-12,16-18,21-24,32H,8,13-15H2,1-7H3,(H,28,34)(H,29,31)(H,30,33)/t18-,21-,22-,23-,24-/m0/s1. The van der Waals surface area contributed by atoms with Crippen LogP contribution in [0.5, 0.6) is 0 Å². The van der Waals surface area contributed by atoms with Crippen LogP contribution in [0.15, 0.2) is 24.4 Å². The number of hydrogen-bond acceptors (Lipinski definition) is 5. The first-order chi connectivity index (χ1) is 16.0. The maximum atomic E-state index is 13.3. The molecule has 3 amide bonds. The third-order valence-electron chi connectivity index (χ3n) is 6.18. The highest BCUT2D eigenvalue weighted by Crippen LogP contribution is 2.22. The Balaban J connectivity index is 2.92. The molecule has 5 atom stereocenters. The van der Waals surface area contributed by atoms with Gasteiger partial charge in [-0.1, -0.05) is 54.0 Å². The summed E-state index contributed by atoms with van der Waals surface area (Å²) in [6.45, 7) is 13.5. The lowest BCUT2D eigenvalue weighted by Gasteiger charge is -2.31. The minimum Gasteiger partial charge on any atom is -0.391 e. The minimum absolute atomic E-state index is 0.0548. The lowest BCUT2D eigenvalue weighted by molar-refractivity contribution is -0.134. The van der Waals surface area contributed by atoms with Crippen LogP contribution in [0.3, 0.4) is 0 Å². The Kier molecular flexibility index (Phi) is 12.8. The molecule has 0 aliphatic heterocycles. The van der Waals surface area contributed by atoms with Crippen LogP contribution in [0.25, 0.3) is 0 Å². The van der Waals surface area contributed by atoms with Crippen molar-refractivity contribution >= 4 is 17.7 Å². The SMILES string of the molecule is CC[C@H](C)[C@H](NC(=O)[C@@H](C[C@H](O)[C@H](CC(C)C)NC(C)=O)C(C)C)C(=O)NCc1ccccn1. The fourth-order valence-electron chi connectivity index (χ4n) is 3.94. The number of aliphatic hydroxyl groups excluding tert-OH is 1. The van der Waals surface area contributed by atoms with Gasteiger partial charge in [-0.05, 0) is 42.7 Å². The molecule has 192 valence electrons. The molecule has 8 heteroatoms. The van der Waals surface area contributed by atoms with Gasteiger partial charge >= 0.3 is 0 Å². The van der Waals surface area contributed by atoms with Crippen molar-refractivity contribution in [3.05, 3.63) is 30.1 Å². The van der Waals surface area contributed by atoms with Crippen LogP contribution in [-0.2, 0) is 20.9 Å². The van der Waals surface area contributed by atoms with Crippen LogP contribution in [0.4, 0.5) is 0 Å². The third kappa shape index (κ3) is 10.2. The van der Waals surface area contributed by atoms with Gasteiger partial charge in [0.05, 0.1) is 24.4 Å². The summed E-state index contributed by atoms with van der Waals surface area (Å²) in [5.41, 5.74) is 0.738. The van der Waals surface area contributed by atoms with E-state index in [4.69, 9.17) is 0 Å². The molecule has 0 aromatic carbocycles. The molecule has 0 fully saturated rings. The fourth-order valence-corrected chi connectivity index (χ4v) is 3.94. The molecule has 1 rings (SSSR count). The molecule has 4 N–H and O–H groups in total. The number of rotatable bonds is 14. The van der Waals surface area contributed by atoms with E-state index in [2.05, 4.69) is 20.9 Å². The van der Waals surface area contributed by atoms with Crippen molar-refractivity contribution in [1.29, 1.82) is 0 Å². The van der Waals surface area contributed by atoms with Gasteiger partial charge < -0.3 is 21.1 Å². The summed E-state index contributed by atoms with van der Waals surface area (Å²) >= 11 is 0. The van der Waals surface area contributed by atoms with Crippen molar-refractivity contribution in [2.24, 2.45) is 23.7 Å². The predicted molar refractivity (Wildman–Crippen MR) is 133 cm³/mol. The summed E-state index contributed by atoms with van der Waals surface area (Å²) in [7, 11) is 0. The second-order valence-corrected chi connectivity index (χ2v) is 10.0. The van der Waals surface area contributed by atoms with Crippen molar-refractivity contribution in [2.45, 2.75) is 92.5 Å². The van der Waals surface area contributed by atoms with Crippen LogP contribution in [-0.4, -0.2) is 46.0 Å². The number of carbonyl (C=O) groups excluding carboxylic acids is 3. The monoisotopic (exact) mass is 476 g/mol. The summed E-state index contributed by atoms with van der Waals surface area (Å²) in [5, 5.41) is 19.5. The van der Waals surface area contributed by atoms with E-state index in [1.807, 2.05) is 59.7 Å². The predicted octanol–water partition coefficient (Wildman–Crippen LogP) is 2.80. The zero-order valence-corrected chi connectivity index (χ0v) is 21.8. The minimum atomic E-state index is -0.871. The van der Waals surface area contributed by atoms with Gasteiger partial charge in [0, 0.05) is 19.0 Å². The van der Waals surface area contributed by atoms with Crippen molar-refractivity contribution in [1.82, 2.24) is 20.9 Å². The van der Waals surface area contributed by atoms with Crippen LogP contribution in [0.1, 0.15) is 73.4 Å². The van der Waals surface area contributed by atoms with Gasteiger partial charge in [0.15, 0.2) is 0 Å². The number of pyridine rings is 1. The van der Waals surface area contributed by atoms with E-state index >= 15 is 0 Å². The summed E-state index contributed by atoms with van der Waals surface area (Å²) in [5.74, 6) is -1.09. The number of hydrogen-bond donors (Lipinski definition) is 4. The molecule has 1 heterocycles. The molecule has 0 radical (unpaired) electrons. The van der Waals surface area contributed by atoms with E-state index in [0.29, 0.717) is 6.42 Å². The lowest BCUT2D eigenvalue weighted by Crippen LogP contribution is -2.53. The Morgan fingerprint density at radius 2 is 1.68 bits per heavy atom. The normalized spacial score (nSPS) is 15.8. The van der Waals surface area contributed by atoms with Gasteiger partial charge in [-0.15, -0.1) is 0 Å². The van der Waals surface area contributed by atoms with E-state index in [1.165, 1.54) is 6.92 Å². The Labute approximate surface area is 204 Å². The molecule has 1 aromatic rings. The van der Waals surface area contributed by atoms with E-state index in [0.717, 1.165) is 12.1 Å². The van der Waals surface area contributed by atoms with Gasteiger partial charge in [-0.3, -0.25) is 19.4 Å². The van der Waals surface area contributed by atoms with Gasteiger partial charge in [-0.2, -0.15) is 0 Å². The van der Waals surface area contributed by atoms with Gasteiger partial charge in [0.2, 0.25) is 17.7 Å². The number of aliphatic hydroxyl groups is 1. The first-order valence-electron chi connectivity index (χ1n) is 12.4. The number of aromatic nitrogens is 1. The topological polar surface area (TPSA) is 120 Å². The Hall–Kier alpha value is -2.48. The highest BCUT2D eigenvalue weighted by molar-refractivity contribution is 5.88. The summed E-state index contributed by atoms with van der Waals surface area (Å²) in [6.07, 6.45) is 2.32. The van der Waals surface area contributed by atoms with Crippen molar-refractivity contribution < 1.29 is 19.5 Å². The fraction of sp³-hybridized carbons (Fsp3) is 0.692. The second-order valence-electron chi connectivity index (χ2n) is 10.0. The van der Waals surface area contributed by atoms with Crippen molar-refractivity contribution in [3.63, 3.8) is 0 Å². The van der Waals surface area contributed by atoms with Gasteiger partial charge in [-0.25, -0.2) is 0 Å². The molecule has 0 saturated heterocycles. The van der Waals surface area contributed by atoms with E-state index in [-0.39, 0.29) is 48.4 Å². The highest BCUT2D eigenvalue weighted by atomic mass is 16.3. The van der Waals surface area contributed by atoms with Gasteiger partial charge in [0.1, 0.15) is 6.04 Å². The third-order valence-corrected chi connectivity index (χ3v) is 6.18. The first kappa shape index (κ1) is 29.6. The molecule has 0 bridgehead atoms. The quantitative estimate of drug-likeness (QED) is 0.329. The second kappa shape index (κ2) is 14.7. The molecule has 0 unspecified atom stereocenters. The first-order valence-corrected chi connectivity index (χ1v) is 12.4. The number of amides is 3. The Bertz CT molecular complexity index is 769. The summed E-state index contributed by atoms with van der Waals surface area (Å²) in [4.78, 5) is 42.1. The molecular formula is C26H44N4O4. The summed E-state index contributed by atoms with van der Waals surface area (Å²) < 4.78 is 0. The highest BCUT2D eigenvalue weighted by Gasteiger charge is 2.33. The number of nitrogens with one attached hydrogen (secondary N) is 3. The molecule has 1 aromatic heterocycles. The zero-order chi connectivity index (χ0) is 25.8. The smallest absolute Gasteiger partial charge is 0.243 e. The van der Waals surface area contributed by atoms with E-state index in [1.54, 1.807) is 6.20 Å². The van der Waals surface area contributed by atoms with Crippen LogP contribution >= 0.6 is 0 Å². The van der Waals surface area contributed by atoms with E-state index in [9.17, 15) is 19.5 Å². The van der Waals surface area contributed by atoms with Crippen molar-refractivity contribution in [3.8, 4) is 0 Å². The summed E-state index contributed by atoms with van der Waals surface area (Å²) in [6, 6.07) is 4.37. The van der Waals surface area contributed by atoms with Crippen LogP contribution in [0.2, 0.25) is 0 Å². The number of nitrogens with zero attached hydrogens (tertiary/aromatic N) is 1. The average Bonchev–Trinajstić information content (AvgIpc) is 2.77. The Morgan fingerprint density at radius 3 is 2.18 bits per heavy atom. The lowest BCUT2D eigenvalue weighted by atomic mass is 9.85. The Morgan fingerprint density at radius 1 is 1.00 bits per heavy atom. The largest absolute Gasteiger partial charge is 0.391 e. The molecule has 0 aliphatic rings. The molecule has 34 heavy (non-hydrogen) atoms.